The molecular weight excluding hydrogens is 284 g/mol. The predicted molar refractivity (Wildman–Crippen MR) is 80.4 cm³/mol. The Kier molecular flexibility index (Phi) is 3.50. The Bertz CT molecular complexity index is 727. The maximum absolute atomic E-state index is 12.7. The summed E-state index contributed by atoms with van der Waals surface area (Å²) in [5, 5.41) is 18.6. The van der Waals surface area contributed by atoms with E-state index in [9.17, 15) is 14.7 Å². The van der Waals surface area contributed by atoms with Crippen molar-refractivity contribution in [3.05, 3.63) is 40.4 Å². The van der Waals surface area contributed by atoms with Gasteiger partial charge in [-0.05, 0) is 13.0 Å². The molecule has 116 valence electrons. The highest BCUT2D eigenvalue weighted by Gasteiger charge is 2.41. The smallest absolute Gasteiger partial charge is 0.211 e. The molecule has 0 aromatic carbocycles. The monoisotopic (exact) mass is 302 g/mol. The van der Waals surface area contributed by atoms with E-state index in [1.165, 1.54) is 12.2 Å². The van der Waals surface area contributed by atoms with E-state index in [0.717, 1.165) is 6.54 Å². The normalized spacial score (nSPS) is 20.6. The lowest BCUT2D eigenvalue weighted by molar-refractivity contribution is 0.0963. The van der Waals surface area contributed by atoms with Crippen LogP contribution >= 0.6 is 0 Å². The molecular formula is C16H18N2O4. The lowest BCUT2D eigenvalue weighted by atomic mass is 9.95. The van der Waals surface area contributed by atoms with E-state index in [1.54, 1.807) is 17.7 Å². The third-order valence-electron chi connectivity index (χ3n) is 4.21. The molecule has 1 unspecified atom stereocenters. The van der Waals surface area contributed by atoms with Crippen LogP contribution in [-0.4, -0.2) is 50.4 Å². The van der Waals surface area contributed by atoms with Gasteiger partial charge in [0.2, 0.25) is 11.6 Å². The van der Waals surface area contributed by atoms with Crippen LogP contribution in [0.1, 0.15) is 39.0 Å². The average Bonchev–Trinajstić information content (AvgIpc) is 3.13. The number of carbonyl (C=O) groups excluding carboxylic acids is 2. The fourth-order valence-corrected chi connectivity index (χ4v) is 3.00. The molecule has 1 aliphatic carbocycles. The molecule has 2 N–H and O–H groups in total. The zero-order valence-corrected chi connectivity index (χ0v) is 12.5. The van der Waals surface area contributed by atoms with Crippen LogP contribution in [0.3, 0.4) is 0 Å². The second kappa shape index (κ2) is 5.23. The first-order chi connectivity index (χ1) is 10.5. The van der Waals surface area contributed by atoms with Gasteiger partial charge in [-0.3, -0.25) is 9.59 Å². The number of carbonyl (C=O) groups is 2. The Morgan fingerprint density at radius 3 is 2.59 bits per heavy atom. The molecule has 1 fully saturated rings. The topological polar surface area (TPSA) is 82.5 Å². The van der Waals surface area contributed by atoms with E-state index in [0.29, 0.717) is 22.6 Å². The summed E-state index contributed by atoms with van der Waals surface area (Å²) in [4.78, 5) is 27.0. The SMILES string of the molecule is CC1CN1C1=CC(=O)c2c(c(CO)c(/C=C/CO)n2C)C1=O. The summed E-state index contributed by atoms with van der Waals surface area (Å²) in [5.41, 5.74) is 1.98. The summed E-state index contributed by atoms with van der Waals surface area (Å²) in [7, 11) is 1.68. The minimum Gasteiger partial charge on any atom is -0.392 e. The number of rotatable bonds is 4. The van der Waals surface area contributed by atoms with Crippen molar-refractivity contribution < 1.29 is 19.8 Å². The van der Waals surface area contributed by atoms with Gasteiger partial charge < -0.3 is 19.7 Å². The number of ketones is 2. The van der Waals surface area contributed by atoms with Crippen LogP contribution < -0.4 is 0 Å². The molecule has 1 aromatic heterocycles. The molecule has 0 amide bonds. The Labute approximate surface area is 128 Å². The largest absolute Gasteiger partial charge is 0.392 e. The van der Waals surface area contributed by atoms with Crippen LogP contribution in [0.25, 0.3) is 6.08 Å². The maximum Gasteiger partial charge on any atom is 0.211 e. The second-order valence-electron chi connectivity index (χ2n) is 5.61. The quantitative estimate of drug-likeness (QED) is 0.791. The molecule has 22 heavy (non-hydrogen) atoms. The molecule has 1 atom stereocenters. The third-order valence-corrected chi connectivity index (χ3v) is 4.21. The summed E-state index contributed by atoms with van der Waals surface area (Å²) in [6, 6.07) is 0.264. The molecule has 6 nitrogen and oxygen atoms in total. The van der Waals surface area contributed by atoms with E-state index in [2.05, 4.69) is 0 Å². The van der Waals surface area contributed by atoms with Gasteiger partial charge in [-0.25, -0.2) is 0 Å². The molecule has 1 aliphatic heterocycles. The van der Waals surface area contributed by atoms with Gasteiger partial charge in [0.15, 0.2) is 0 Å². The van der Waals surface area contributed by atoms with Gasteiger partial charge >= 0.3 is 0 Å². The predicted octanol–water partition coefficient (Wildman–Crippen LogP) is 0.490. The Hall–Kier alpha value is -2.18. The minimum atomic E-state index is -0.337. The molecule has 1 aromatic rings. The molecule has 0 saturated carbocycles. The van der Waals surface area contributed by atoms with Crippen LogP contribution in [0.15, 0.2) is 17.8 Å². The van der Waals surface area contributed by atoms with Gasteiger partial charge in [0.1, 0.15) is 5.69 Å². The number of aliphatic hydroxyl groups is 2. The van der Waals surface area contributed by atoms with Gasteiger partial charge in [0.05, 0.1) is 24.5 Å². The van der Waals surface area contributed by atoms with Crippen molar-refractivity contribution in [3.8, 4) is 0 Å². The highest BCUT2D eigenvalue weighted by Crippen LogP contribution is 2.35. The molecule has 2 heterocycles. The van der Waals surface area contributed by atoms with Crippen molar-refractivity contribution in [3.63, 3.8) is 0 Å². The van der Waals surface area contributed by atoms with Crippen LogP contribution in [0.5, 0.6) is 0 Å². The lowest BCUT2D eigenvalue weighted by Gasteiger charge is -2.15. The first kappa shape index (κ1) is 14.7. The number of Topliss-reactive ketones (excluding diaryl/α,β-unsaturated/α-hetero) is 1. The number of aromatic nitrogens is 1. The van der Waals surface area contributed by atoms with Gasteiger partial charge in [-0.15, -0.1) is 0 Å². The highest BCUT2D eigenvalue weighted by molar-refractivity contribution is 6.25. The van der Waals surface area contributed by atoms with Crippen LogP contribution in [0, 0.1) is 0 Å². The summed E-state index contributed by atoms with van der Waals surface area (Å²) in [5.74, 6) is -0.452. The van der Waals surface area contributed by atoms with E-state index in [4.69, 9.17) is 5.11 Å². The number of hydrogen-bond acceptors (Lipinski definition) is 5. The lowest BCUT2D eigenvalue weighted by Crippen LogP contribution is -2.23. The summed E-state index contributed by atoms with van der Waals surface area (Å²) >= 11 is 0. The van der Waals surface area contributed by atoms with E-state index in [-0.39, 0.29) is 36.4 Å². The summed E-state index contributed by atoms with van der Waals surface area (Å²) in [6.45, 7) is 2.26. The van der Waals surface area contributed by atoms with Crippen molar-refractivity contribution in [2.75, 3.05) is 13.2 Å². The summed E-state index contributed by atoms with van der Waals surface area (Å²) < 4.78 is 1.60. The molecule has 1 saturated heterocycles. The third kappa shape index (κ3) is 2.03. The van der Waals surface area contributed by atoms with Crippen molar-refractivity contribution in [1.29, 1.82) is 0 Å². The number of allylic oxidation sites excluding steroid dienone is 2. The number of fused-ring (bicyclic) bond motifs is 1. The zero-order chi connectivity index (χ0) is 16.0. The van der Waals surface area contributed by atoms with Gasteiger partial charge in [0.25, 0.3) is 0 Å². The Morgan fingerprint density at radius 1 is 1.36 bits per heavy atom. The Morgan fingerprint density at radius 2 is 2.05 bits per heavy atom. The highest BCUT2D eigenvalue weighted by atomic mass is 16.3. The summed E-state index contributed by atoms with van der Waals surface area (Å²) in [6.07, 6.45) is 4.51. The van der Waals surface area contributed by atoms with Crippen molar-refractivity contribution in [2.24, 2.45) is 7.05 Å². The standard InChI is InChI=1S/C16H18N2O4/c1-9-7-18(9)12-6-13(21)15-14(16(12)22)10(8-20)11(17(15)2)4-3-5-19/h3-4,6,9,19-20H,5,7-8H2,1-2H3/b4-3+. The van der Waals surface area contributed by atoms with Gasteiger partial charge in [0, 0.05) is 37.0 Å². The molecule has 0 spiro atoms. The fraction of sp³-hybridized carbons (Fsp3) is 0.375. The molecule has 6 heteroatoms. The number of hydrogen-bond donors (Lipinski definition) is 2. The first-order valence-electron chi connectivity index (χ1n) is 7.18. The minimum absolute atomic E-state index is 0.155. The second-order valence-corrected chi connectivity index (χ2v) is 5.61. The van der Waals surface area contributed by atoms with E-state index >= 15 is 0 Å². The number of aliphatic hydroxyl groups excluding tert-OH is 2. The van der Waals surface area contributed by atoms with Gasteiger partial charge in [-0.1, -0.05) is 6.08 Å². The fourth-order valence-electron chi connectivity index (χ4n) is 3.00. The maximum atomic E-state index is 12.7. The molecule has 3 rings (SSSR count). The van der Waals surface area contributed by atoms with E-state index in [1.807, 2.05) is 11.8 Å². The molecule has 0 bridgehead atoms. The average molecular weight is 302 g/mol. The van der Waals surface area contributed by atoms with Gasteiger partial charge in [-0.2, -0.15) is 0 Å². The number of nitrogens with zero attached hydrogens (tertiary/aromatic N) is 2. The van der Waals surface area contributed by atoms with Crippen molar-refractivity contribution in [1.82, 2.24) is 9.47 Å². The van der Waals surface area contributed by atoms with Crippen LogP contribution in [-0.2, 0) is 13.7 Å². The first-order valence-corrected chi connectivity index (χ1v) is 7.18. The van der Waals surface area contributed by atoms with Crippen LogP contribution in [0.4, 0.5) is 0 Å². The van der Waals surface area contributed by atoms with Crippen molar-refractivity contribution >= 4 is 17.6 Å². The van der Waals surface area contributed by atoms with E-state index < -0.39 is 0 Å². The Balaban J connectivity index is 2.16. The molecule has 2 aliphatic rings. The molecule has 0 radical (unpaired) electrons. The van der Waals surface area contributed by atoms with Crippen molar-refractivity contribution in [2.45, 2.75) is 19.6 Å². The zero-order valence-electron chi connectivity index (χ0n) is 12.5. The van der Waals surface area contributed by atoms with Crippen LogP contribution in [0.2, 0.25) is 0 Å².